The molecular weight excluding hydrogens is 370 g/mol. The number of halogens is 1. The molecule has 3 heterocycles. The van der Waals surface area contributed by atoms with Crippen LogP contribution in [0.15, 0.2) is 41.1 Å². The van der Waals surface area contributed by atoms with E-state index in [0.717, 1.165) is 22.3 Å². The van der Waals surface area contributed by atoms with Crippen molar-refractivity contribution >= 4 is 33.5 Å². The molecule has 0 bridgehead atoms. The lowest BCUT2D eigenvalue weighted by Gasteiger charge is -2.17. The third-order valence-corrected chi connectivity index (χ3v) is 4.03. The summed E-state index contributed by atoms with van der Waals surface area (Å²) in [5.74, 6) is 1.88. The number of aryl methyl sites for hydroxylation is 1. The topological polar surface area (TPSA) is 91.4 Å². The van der Waals surface area contributed by atoms with Crippen LogP contribution >= 0.6 is 15.9 Å². The Labute approximate surface area is 148 Å². The summed E-state index contributed by atoms with van der Waals surface area (Å²) in [6.45, 7) is 4.04. The van der Waals surface area contributed by atoms with Gasteiger partial charge in [-0.3, -0.25) is 10.1 Å². The van der Waals surface area contributed by atoms with Crippen LogP contribution in [0.3, 0.4) is 0 Å². The minimum absolute atomic E-state index is 0.0489. The number of pyridine rings is 1. The van der Waals surface area contributed by atoms with E-state index in [-0.39, 0.29) is 6.04 Å². The highest BCUT2D eigenvalue weighted by molar-refractivity contribution is 9.10. The molecule has 8 heteroatoms. The molecule has 3 aromatic rings. The predicted molar refractivity (Wildman–Crippen MR) is 97.2 cm³/mol. The van der Waals surface area contributed by atoms with E-state index in [4.69, 9.17) is 0 Å². The van der Waals surface area contributed by atoms with Gasteiger partial charge in [-0.25, -0.2) is 4.98 Å². The first-order valence-electron chi connectivity index (χ1n) is 7.64. The van der Waals surface area contributed by atoms with Crippen LogP contribution in [-0.4, -0.2) is 25.1 Å². The van der Waals surface area contributed by atoms with Gasteiger partial charge in [-0.2, -0.15) is 10.1 Å². The van der Waals surface area contributed by atoms with Crippen molar-refractivity contribution in [1.82, 2.24) is 25.1 Å². The fraction of sp³-hybridized carbons (Fsp3) is 0.250. The summed E-state index contributed by atoms with van der Waals surface area (Å²) >= 11 is 3.46. The average molecular weight is 388 g/mol. The minimum Gasteiger partial charge on any atom is -0.346 e. The Morgan fingerprint density at radius 1 is 1.29 bits per heavy atom. The van der Waals surface area contributed by atoms with Gasteiger partial charge in [0.1, 0.15) is 0 Å². The zero-order valence-corrected chi connectivity index (χ0v) is 15.0. The third kappa shape index (κ3) is 3.88. The lowest BCUT2D eigenvalue weighted by Crippen LogP contribution is -2.14. The first-order chi connectivity index (χ1) is 11.7. The molecule has 7 nitrogen and oxygen atoms in total. The highest BCUT2D eigenvalue weighted by Crippen LogP contribution is 2.25. The van der Waals surface area contributed by atoms with Crippen molar-refractivity contribution in [3.05, 3.63) is 52.5 Å². The standard InChI is InChI=1S/C16H18BrN7/c1-3-12(13-6-4-5-7-18-13)20-16-19-9-11(17)15(22-16)21-14-8-10(2)23-24-14/h4-9,12H,3H2,1-2H3,(H3,19,20,21,22,23,24). The van der Waals surface area contributed by atoms with Crippen molar-refractivity contribution < 1.29 is 0 Å². The van der Waals surface area contributed by atoms with Crippen LogP contribution in [0.4, 0.5) is 17.6 Å². The number of H-pyrrole nitrogens is 1. The SMILES string of the molecule is CCC(Nc1ncc(Br)c(Nc2cc(C)[nH]n2)n1)c1ccccn1. The molecule has 1 atom stereocenters. The molecule has 0 amide bonds. The zero-order chi connectivity index (χ0) is 16.9. The summed E-state index contributed by atoms with van der Waals surface area (Å²) in [6, 6.07) is 7.83. The Morgan fingerprint density at radius 2 is 2.17 bits per heavy atom. The molecule has 3 N–H and O–H groups in total. The third-order valence-electron chi connectivity index (χ3n) is 3.45. The molecule has 0 saturated heterocycles. The normalized spacial score (nSPS) is 12.0. The maximum Gasteiger partial charge on any atom is 0.225 e. The van der Waals surface area contributed by atoms with E-state index in [9.17, 15) is 0 Å². The van der Waals surface area contributed by atoms with Crippen LogP contribution in [0.25, 0.3) is 0 Å². The van der Waals surface area contributed by atoms with Gasteiger partial charge in [-0.05, 0) is 41.4 Å². The monoisotopic (exact) mass is 387 g/mol. The maximum absolute atomic E-state index is 4.53. The molecule has 0 aliphatic carbocycles. The molecule has 0 fully saturated rings. The van der Waals surface area contributed by atoms with Gasteiger partial charge in [0, 0.05) is 24.2 Å². The van der Waals surface area contributed by atoms with Crippen molar-refractivity contribution in [3.8, 4) is 0 Å². The molecule has 24 heavy (non-hydrogen) atoms. The number of aromatic amines is 1. The number of hydrogen-bond donors (Lipinski definition) is 3. The molecule has 0 aromatic carbocycles. The van der Waals surface area contributed by atoms with E-state index >= 15 is 0 Å². The summed E-state index contributed by atoms with van der Waals surface area (Å²) < 4.78 is 0.764. The average Bonchev–Trinajstić information content (AvgIpc) is 3.01. The summed E-state index contributed by atoms with van der Waals surface area (Å²) in [5.41, 5.74) is 1.94. The van der Waals surface area contributed by atoms with Crippen LogP contribution in [-0.2, 0) is 0 Å². The van der Waals surface area contributed by atoms with E-state index in [1.807, 2.05) is 31.2 Å². The summed E-state index contributed by atoms with van der Waals surface area (Å²) in [5, 5.41) is 13.5. The molecule has 0 saturated carbocycles. The van der Waals surface area contributed by atoms with Crippen molar-refractivity contribution in [2.75, 3.05) is 10.6 Å². The number of nitrogens with zero attached hydrogens (tertiary/aromatic N) is 4. The summed E-state index contributed by atoms with van der Waals surface area (Å²) in [4.78, 5) is 13.3. The molecule has 1 unspecified atom stereocenters. The lowest BCUT2D eigenvalue weighted by molar-refractivity contribution is 0.714. The first kappa shape index (κ1) is 16.4. The van der Waals surface area contributed by atoms with Gasteiger partial charge in [0.2, 0.25) is 5.95 Å². The number of aromatic nitrogens is 5. The molecule has 3 rings (SSSR count). The Balaban J connectivity index is 1.80. The Bertz CT molecular complexity index is 803. The van der Waals surface area contributed by atoms with Crippen LogP contribution in [0.1, 0.15) is 30.8 Å². The fourth-order valence-corrected chi connectivity index (χ4v) is 2.54. The molecule has 0 aliphatic heterocycles. The van der Waals surface area contributed by atoms with E-state index in [1.165, 1.54) is 0 Å². The second kappa shape index (κ2) is 7.39. The van der Waals surface area contributed by atoms with Gasteiger partial charge < -0.3 is 10.6 Å². The van der Waals surface area contributed by atoms with E-state index in [2.05, 4.69) is 58.6 Å². The fourth-order valence-electron chi connectivity index (χ4n) is 2.25. The van der Waals surface area contributed by atoms with Gasteiger partial charge in [0.25, 0.3) is 0 Å². The lowest BCUT2D eigenvalue weighted by atomic mass is 10.1. The highest BCUT2D eigenvalue weighted by atomic mass is 79.9. The van der Waals surface area contributed by atoms with Crippen LogP contribution in [0.2, 0.25) is 0 Å². The second-order valence-electron chi connectivity index (χ2n) is 5.31. The van der Waals surface area contributed by atoms with Crippen molar-refractivity contribution in [1.29, 1.82) is 0 Å². The van der Waals surface area contributed by atoms with Gasteiger partial charge in [-0.15, -0.1) is 0 Å². The molecule has 0 aliphatic rings. The quantitative estimate of drug-likeness (QED) is 0.592. The van der Waals surface area contributed by atoms with E-state index < -0.39 is 0 Å². The van der Waals surface area contributed by atoms with E-state index in [1.54, 1.807) is 12.4 Å². The Hall–Kier alpha value is -2.48. The number of hydrogen-bond acceptors (Lipinski definition) is 6. The minimum atomic E-state index is 0.0489. The van der Waals surface area contributed by atoms with E-state index in [0.29, 0.717) is 17.6 Å². The van der Waals surface area contributed by atoms with Crippen molar-refractivity contribution in [2.45, 2.75) is 26.3 Å². The maximum atomic E-state index is 4.53. The predicted octanol–water partition coefficient (Wildman–Crippen LogP) is 3.97. The van der Waals surface area contributed by atoms with Gasteiger partial charge in [0.05, 0.1) is 16.2 Å². The number of anilines is 3. The van der Waals surface area contributed by atoms with Crippen molar-refractivity contribution in [2.24, 2.45) is 0 Å². The molecule has 3 aromatic heterocycles. The van der Waals surface area contributed by atoms with Crippen molar-refractivity contribution in [3.63, 3.8) is 0 Å². The van der Waals surface area contributed by atoms with Crippen LogP contribution in [0, 0.1) is 6.92 Å². The van der Waals surface area contributed by atoms with Crippen LogP contribution < -0.4 is 10.6 Å². The Morgan fingerprint density at radius 3 is 2.83 bits per heavy atom. The molecular formula is C16H18BrN7. The highest BCUT2D eigenvalue weighted by Gasteiger charge is 2.13. The van der Waals surface area contributed by atoms with Gasteiger partial charge in [-0.1, -0.05) is 13.0 Å². The van der Waals surface area contributed by atoms with Gasteiger partial charge >= 0.3 is 0 Å². The second-order valence-corrected chi connectivity index (χ2v) is 6.17. The molecule has 0 radical (unpaired) electrons. The largest absolute Gasteiger partial charge is 0.346 e. The van der Waals surface area contributed by atoms with Gasteiger partial charge in [0.15, 0.2) is 11.6 Å². The number of rotatable bonds is 6. The summed E-state index contributed by atoms with van der Waals surface area (Å²) in [6.07, 6.45) is 4.37. The first-order valence-corrected chi connectivity index (χ1v) is 8.44. The smallest absolute Gasteiger partial charge is 0.225 e. The van der Waals surface area contributed by atoms with Crippen LogP contribution in [0.5, 0.6) is 0 Å². The Kier molecular flexibility index (Phi) is 5.05. The molecule has 0 spiro atoms. The zero-order valence-electron chi connectivity index (χ0n) is 13.4. The molecule has 124 valence electrons. The summed E-state index contributed by atoms with van der Waals surface area (Å²) in [7, 11) is 0. The number of nitrogens with one attached hydrogen (secondary N) is 3.